The summed E-state index contributed by atoms with van der Waals surface area (Å²) in [6.07, 6.45) is 1.28. The van der Waals surface area contributed by atoms with Gasteiger partial charge in [-0.15, -0.1) is 0 Å². The maximum atomic E-state index is 9.60. The van der Waals surface area contributed by atoms with E-state index < -0.39 is 5.60 Å². The van der Waals surface area contributed by atoms with E-state index in [2.05, 4.69) is 11.9 Å². The van der Waals surface area contributed by atoms with E-state index in [1.165, 1.54) is 17.9 Å². The lowest BCUT2D eigenvalue weighted by atomic mass is 10.1. The van der Waals surface area contributed by atoms with Crippen LogP contribution in [0.25, 0.3) is 0 Å². The van der Waals surface area contributed by atoms with Crippen LogP contribution in [0.15, 0.2) is 0 Å². The lowest BCUT2D eigenvalue weighted by molar-refractivity contribution is 0.0345. The summed E-state index contributed by atoms with van der Waals surface area (Å²) in [6.45, 7) is 4.51. The van der Waals surface area contributed by atoms with E-state index in [4.69, 9.17) is 0 Å². The zero-order valence-electron chi connectivity index (χ0n) is 8.21. The highest BCUT2D eigenvalue weighted by atomic mass is 32.2. The number of thioether (sulfide) groups is 1. The average molecular weight is 189 g/mol. The van der Waals surface area contributed by atoms with E-state index in [0.29, 0.717) is 6.04 Å². The standard InChI is InChI=1S/C9H19NOS/c1-9(2,11)7-10(3)8-4-5-12-6-8/h8,11H,4-7H2,1-3H3. The molecule has 1 heterocycles. The van der Waals surface area contributed by atoms with Crippen molar-refractivity contribution in [3.8, 4) is 0 Å². The number of hydrogen-bond donors (Lipinski definition) is 1. The van der Waals surface area contributed by atoms with Gasteiger partial charge in [0.2, 0.25) is 0 Å². The molecule has 0 aliphatic carbocycles. The number of likely N-dealkylation sites (N-methyl/N-ethyl adjacent to an activating group) is 1. The Balaban J connectivity index is 2.31. The summed E-state index contributed by atoms with van der Waals surface area (Å²) in [7, 11) is 2.11. The first-order valence-electron chi connectivity index (χ1n) is 4.49. The minimum Gasteiger partial charge on any atom is -0.389 e. The Morgan fingerprint density at radius 3 is 2.67 bits per heavy atom. The molecule has 0 aromatic carbocycles. The van der Waals surface area contributed by atoms with Gasteiger partial charge in [-0.1, -0.05) is 0 Å². The molecule has 1 atom stereocenters. The molecule has 1 rings (SSSR count). The van der Waals surface area contributed by atoms with Gasteiger partial charge >= 0.3 is 0 Å². The van der Waals surface area contributed by atoms with Gasteiger partial charge in [-0.3, -0.25) is 4.90 Å². The van der Waals surface area contributed by atoms with Crippen LogP contribution in [-0.4, -0.2) is 46.7 Å². The smallest absolute Gasteiger partial charge is 0.0718 e. The van der Waals surface area contributed by atoms with Gasteiger partial charge in [0.05, 0.1) is 5.60 Å². The Morgan fingerprint density at radius 2 is 2.25 bits per heavy atom. The third kappa shape index (κ3) is 3.33. The van der Waals surface area contributed by atoms with Gasteiger partial charge in [0.25, 0.3) is 0 Å². The van der Waals surface area contributed by atoms with Crippen LogP contribution in [0.3, 0.4) is 0 Å². The first-order chi connectivity index (χ1) is 5.49. The van der Waals surface area contributed by atoms with Crippen LogP contribution >= 0.6 is 11.8 Å². The predicted molar refractivity (Wildman–Crippen MR) is 54.7 cm³/mol. The largest absolute Gasteiger partial charge is 0.389 e. The molecule has 0 saturated carbocycles. The summed E-state index contributed by atoms with van der Waals surface area (Å²) in [5, 5.41) is 9.60. The summed E-state index contributed by atoms with van der Waals surface area (Å²) < 4.78 is 0. The van der Waals surface area contributed by atoms with E-state index in [1.807, 2.05) is 25.6 Å². The molecule has 1 N–H and O–H groups in total. The topological polar surface area (TPSA) is 23.5 Å². The Hall–Kier alpha value is 0.270. The molecule has 0 radical (unpaired) electrons. The Morgan fingerprint density at radius 1 is 1.58 bits per heavy atom. The number of nitrogens with zero attached hydrogens (tertiary/aromatic N) is 1. The molecule has 72 valence electrons. The van der Waals surface area contributed by atoms with E-state index >= 15 is 0 Å². The van der Waals surface area contributed by atoms with Crippen molar-refractivity contribution in [2.75, 3.05) is 25.1 Å². The average Bonchev–Trinajstić information content (AvgIpc) is 2.32. The van der Waals surface area contributed by atoms with Crippen LogP contribution in [0.5, 0.6) is 0 Å². The van der Waals surface area contributed by atoms with Crippen LogP contribution in [-0.2, 0) is 0 Å². The maximum absolute atomic E-state index is 9.60. The van der Waals surface area contributed by atoms with Crippen molar-refractivity contribution in [1.29, 1.82) is 0 Å². The molecule has 0 aromatic heterocycles. The predicted octanol–water partition coefficient (Wildman–Crippen LogP) is 1.19. The number of rotatable bonds is 3. The highest BCUT2D eigenvalue weighted by Gasteiger charge is 2.24. The second-order valence-corrected chi connectivity index (χ2v) is 5.39. The molecule has 3 heteroatoms. The van der Waals surface area contributed by atoms with Crippen LogP contribution in [0.2, 0.25) is 0 Å². The van der Waals surface area contributed by atoms with E-state index in [1.54, 1.807) is 0 Å². The first kappa shape index (κ1) is 10.4. The van der Waals surface area contributed by atoms with Gasteiger partial charge in [0, 0.05) is 18.3 Å². The molecule has 1 saturated heterocycles. The summed E-state index contributed by atoms with van der Waals surface area (Å²) in [5.41, 5.74) is -0.554. The lowest BCUT2D eigenvalue weighted by Gasteiger charge is -2.29. The minimum atomic E-state index is -0.554. The fourth-order valence-corrected chi connectivity index (χ4v) is 2.91. The van der Waals surface area contributed by atoms with Crippen LogP contribution < -0.4 is 0 Å². The van der Waals surface area contributed by atoms with Gasteiger partial charge < -0.3 is 5.11 Å². The number of hydrogen-bond acceptors (Lipinski definition) is 3. The number of aliphatic hydroxyl groups is 1. The van der Waals surface area contributed by atoms with Crippen LogP contribution in [0.1, 0.15) is 20.3 Å². The maximum Gasteiger partial charge on any atom is 0.0718 e. The molecule has 12 heavy (non-hydrogen) atoms. The molecule has 0 amide bonds. The Bertz CT molecular complexity index is 138. The Labute approximate surface area is 79.3 Å². The third-order valence-corrected chi connectivity index (χ3v) is 3.31. The zero-order chi connectivity index (χ0) is 9.19. The van der Waals surface area contributed by atoms with Crippen LogP contribution in [0.4, 0.5) is 0 Å². The summed E-state index contributed by atoms with van der Waals surface area (Å²) in [4.78, 5) is 2.28. The van der Waals surface area contributed by atoms with Crippen molar-refractivity contribution in [1.82, 2.24) is 4.90 Å². The molecule has 1 unspecified atom stereocenters. The third-order valence-electron chi connectivity index (χ3n) is 2.17. The van der Waals surface area contributed by atoms with Crippen LogP contribution in [0, 0.1) is 0 Å². The van der Waals surface area contributed by atoms with Crippen molar-refractivity contribution in [3.63, 3.8) is 0 Å². The SMILES string of the molecule is CN(CC(C)(C)O)C1CCSC1. The van der Waals surface area contributed by atoms with Gasteiger partial charge in [-0.2, -0.15) is 11.8 Å². The highest BCUT2D eigenvalue weighted by molar-refractivity contribution is 7.99. The molecule has 0 aromatic rings. The minimum absolute atomic E-state index is 0.554. The summed E-state index contributed by atoms with van der Waals surface area (Å²) in [6, 6.07) is 0.682. The Kier molecular flexibility index (Phi) is 3.44. The van der Waals surface area contributed by atoms with Crippen molar-refractivity contribution >= 4 is 11.8 Å². The van der Waals surface area contributed by atoms with Crippen molar-refractivity contribution in [3.05, 3.63) is 0 Å². The fraction of sp³-hybridized carbons (Fsp3) is 1.00. The molecule has 1 aliphatic heterocycles. The van der Waals surface area contributed by atoms with Crippen molar-refractivity contribution in [2.45, 2.75) is 31.9 Å². The van der Waals surface area contributed by atoms with E-state index in [0.717, 1.165) is 6.54 Å². The highest BCUT2D eigenvalue weighted by Crippen LogP contribution is 2.22. The second kappa shape index (κ2) is 3.99. The molecule has 1 fully saturated rings. The van der Waals surface area contributed by atoms with E-state index in [-0.39, 0.29) is 0 Å². The van der Waals surface area contributed by atoms with Gasteiger partial charge in [-0.05, 0) is 33.1 Å². The second-order valence-electron chi connectivity index (χ2n) is 4.24. The molecular weight excluding hydrogens is 170 g/mol. The molecule has 0 bridgehead atoms. The van der Waals surface area contributed by atoms with Crippen molar-refractivity contribution in [2.24, 2.45) is 0 Å². The first-order valence-corrected chi connectivity index (χ1v) is 5.65. The van der Waals surface area contributed by atoms with Gasteiger partial charge in [0.1, 0.15) is 0 Å². The molecular formula is C9H19NOS. The summed E-state index contributed by atoms with van der Waals surface area (Å²) in [5.74, 6) is 2.51. The van der Waals surface area contributed by atoms with E-state index in [9.17, 15) is 5.11 Å². The monoisotopic (exact) mass is 189 g/mol. The normalized spacial score (nSPS) is 25.2. The molecule has 2 nitrogen and oxygen atoms in total. The quantitative estimate of drug-likeness (QED) is 0.721. The molecule has 0 spiro atoms. The van der Waals surface area contributed by atoms with Gasteiger partial charge in [0.15, 0.2) is 0 Å². The van der Waals surface area contributed by atoms with Crippen molar-refractivity contribution < 1.29 is 5.11 Å². The van der Waals surface area contributed by atoms with Gasteiger partial charge in [-0.25, -0.2) is 0 Å². The zero-order valence-corrected chi connectivity index (χ0v) is 9.02. The molecule has 1 aliphatic rings. The fourth-order valence-electron chi connectivity index (χ4n) is 1.61. The summed E-state index contributed by atoms with van der Waals surface area (Å²) >= 11 is 2.01. The lowest BCUT2D eigenvalue weighted by Crippen LogP contribution is -2.42.